The molecule has 6 nitrogen and oxygen atoms in total. The Morgan fingerprint density at radius 3 is 1.78 bits per heavy atom. The van der Waals surface area contributed by atoms with Gasteiger partial charge in [0.1, 0.15) is 0 Å². The fraction of sp³-hybridized carbons (Fsp3) is 1.00. The van der Waals surface area contributed by atoms with Crippen LogP contribution in [0.15, 0.2) is 0 Å². The third-order valence-electron chi connectivity index (χ3n) is 4.43. The number of aliphatic hydroxyl groups is 1. The fourth-order valence-corrected chi connectivity index (χ4v) is 3.58. The average molecular weight is 391 g/mol. The van der Waals surface area contributed by atoms with Crippen LogP contribution in [-0.4, -0.2) is 63.4 Å². The zero-order chi connectivity index (χ0) is 21.0. The molecular weight excluding hydrogens is 344 g/mol. The van der Waals surface area contributed by atoms with Crippen molar-refractivity contribution in [2.75, 3.05) is 52.7 Å². The molecule has 0 amide bonds. The standard InChI is InChI=1S/C21H46N2O4/c1-18(2)13-21(16-25-11-8-22,17-26-12-9-23)14-20(6,7-10-24)27-15-19(3,4)5/h18,24H,7-17,22-23H2,1-6H3. The van der Waals surface area contributed by atoms with E-state index in [2.05, 4.69) is 41.5 Å². The SMILES string of the molecule is CC(C)CC(COCCN)(COCCN)CC(C)(CCO)OCC(C)(C)C. The van der Waals surface area contributed by atoms with Crippen molar-refractivity contribution in [3.05, 3.63) is 0 Å². The largest absolute Gasteiger partial charge is 0.396 e. The van der Waals surface area contributed by atoms with Gasteiger partial charge in [0.25, 0.3) is 0 Å². The summed E-state index contributed by atoms with van der Waals surface area (Å²) < 4.78 is 18.2. The lowest BCUT2D eigenvalue weighted by Crippen LogP contribution is -2.45. The zero-order valence-corrected chi connectivity index (χ0v) is 18.7. The summed E-state index contributed by atoms with van der Waals surface area (Å²) in [6.07, 6.45) is 2.28. The molecule has 0 aromatic carbocycles. The Hall–Kier alpha value is -0.240. The lowest BCUT2D eigenvalue weighted by molar-refractivity contribution is -0.128. The van der Waals surface area contributed by atoms with Crippen molar-refractivity contribution >= 4 is 0 Å². The van der Waals surface area contributed by atoms with E-state index in [0.717, 1.165) is 12.8 Å². The Labute approximate surface area is 167 Å². The monoisotopic (exact) mass is 390 g/mol. The summed E-state index contributed by atoms with van der Waals surface area (Å²) in [5, 5.41) is 9.66. The summed E-state index contributed by atoms with van der Waals surface area (Å²) >= 11 is 0. The quantitative estimate of drug-likeness (QED) is 0.350. The fourth-order valence-electron chi connectivity index (χ4n) is 3.58. The van der Waals surface area contributed by atoms with E-state index >= 15 is 0 Å². The van der Waals surface area contributed by atoms with Gasteiger partial charge in [-0.3, -0.25) is 0 Å². The van der Waals surface area contributed by atoms with Crippen LogP contribution in [0.1, 0.15) is 60.8 Å². The minimum atomic E-state index is -0.449. The minimum Gasteiger partial charge on any atom is -0.396 e. The lowest BCUT2D eigenvalue weighted by atomic mass is 9.72. The van der Waals surface area contributed by atoms with Crippen LogP contribution in [0, 0.1) is 16.7 Å². The second-order valence-corrected chi connectivity index (χ2v) is 9.73. The number of hydrogen-bond donors (Lipinski definition) is 3. The van der Waals surface area contributed by atoms with Crippen LogP contribution in [0.3, 0.4) is 0 Å². The molecule has 0 spiro atoms. The van der Waals surface area contributed by atoms with Crippen LogP contribution in [0.4, 0.5) is 0 Å². The molecule has 0 aromatic heterocycles. The van der Waals surface area contributed by atoms with Crippen molar-refractivity contribution in [2.45, 2.75) is 66.4 Å². The first kappa shape index (κ1) is 26.8. The Balaban J connectivity index is 5.49. The van der Waals surface area contributed by atoms with Crippen LogP contribution in [0.5, 0.6) is 0 Å². The van der Waals surface area contributed by atoms with Crippen molar-refractivity contribution < 1.29 is 19.3 Å². The minimum absolute atomic E-state index is 0.0591. The highest BCUT2D eigenvalue weighted by atomic mass is 16.5. The van der Waals surface area contributed by atoms with E-state index in [0.29, 0.717) is 58.5 Å². The molecule has 0 rings (SSSR count). The van der Waals surface area contributed by atoms with E-state index in [1.165, 1.54) is 0 Å². The maximum Gasteiger partial charge on any atom is 0.0683 e. The van der Waals surface area contributed by atoms with E-state index in [1.54, 1.807) is 0 Å². The van der Waals surface area contributed by atoms with Crippen molar-refractivity contribution in [2.24, 2.45) is 28.2 Å². The maximum absolute atomic E-state index is 9.66. The number of ether oxygens (including phenoxy) is 3. The molecule has 5 N–H and O–H groups in total. The summed E-state index contributed by atoms with van der Waals surface area (Å²) in [6, 6.07) is 0. The normalized spacial score (nSPS) is 15.3. The van der Waals surface area contributed by atoms with Crippen LogP contribution >= 0.6 is 0 Å². The molecule has 0 saturated carbocycles. The van der Waals surface area contributed by atoms with Crippen molar-refractivity contribution in [3.8, 4) is 0 Å². The Kier molecular flexibility index (Phi) is 13.0. The second-order valence-electron chi connectivity index (χ2n) is 9.73. The molecule has 6 heteroatoms. The predicted octanol–water partition coefficient (Wildman–Crippen LogP) is 2.56. The van der Waals surface area contributed by atoms with Gasteiger partial charge in [0.05, 0.1) is 38.6 Å². The molecule has 1 unspecified atom stereocenters. The van der Waals surface area contributed by atoms with Gasteiger partial charge in [-0.05, 0) is 37.5 Å². The molecule has 0 aliphatic rings. The molecule has 0 fully saturated rings. The third-order valence-corrected chi connectivity index (χ3v) is 4.43. The first-order valence-electron chi connectivity index (χ1n) is 10.3. The van der Waals surface area contributed by atoms with Gasteiger partial charge >= 0.3 is 0 Å². The molecule has 164 valence electrons. The highest BCUT2D eigenvalue weighted by Crippen LogP contribution is 2.40. The van der Waals surface area contributed by atoms with Crippen LogP contribution < -0.4 is 11.5 Å². The second kappa shape index (κ2) is 13.1. The van der Waals surface area contributed by atoms with Gasteiger partial charge in [0.15, 0.2) is 0 Å². The van der Waals surface area contributed by atoms with Crippen molar-refractivity contribution in [1.29, 1.82) is 0 Å². The van der Waals surface area contributed by atoms with E-state index in [1.807, 2.05) is 0 Å². The summed E-state index contributed by atoms with van der Waals surface area (Å²) in [6.45, 7) is 16.9. The molecule has 0 saturated heterocycles. The third kappa shape index (κ3) is 12.8. The summed E-state index contributed by atoms with van der Waals surface area (Å²) in [4.78, 5) is 0. The number of rotatable bonds is 16. The summed E-state index contributed by atoms with van der Waals surface area (Å²) in [7, 11) is 0. The molecule has 0 aromatic rings. The van der Waals surface area contributed by atoms with Gasteiger partial charge in [0.2, 0.25) is 0 Å². The van der Waals surface area contributed by atoms with E-state index in [4.69, 9.17) is 25.7 Å². The van der Waals surface area contributed by atoms with Crippen molar-refractivity contribution in [1.82, 2.24) is 0 Å². The Morgan fingerprint density at radius 2 is 1.41 bits per heavy atom. The predicted molar refractivity (Wildman–Crippen MR) is 112 cm³/mol. The highest BCUT2D eigenvalue weighted by molar-refractivity contribution is 4.90. The molecule has 0 heterocycles. The zero-order valence-electron chi connectivity index (χ0n) is 18.7. The van der Waals surface area contributed by atoms with E-state index < -0.39 is 5.60 Å². The maximum atomic E-state index is 9.66. The molecule has 0 aliphatic heterocycles. The van der Waals surface area contributed by atoms with Crippen LogP contribution in [-0.2, 0) is 14.2 Å². The molecule has 1 atom stereocenters. The van der Waals surface area contributed by atoms with Crippen molar-refractivity contribution in [3.63, 3.8) is 0 Å². The van der Waals surface area contributed by atoms with E-state index in [9.17, 15) is 5.11 Å². The number of aliphatic hydroxyl groups excluding tert-OH is 1. The number of hydrogen-bond acceptors (Lipinski definition) is 6. The van der Waals surface area contributed by atoms with E-state index in [-0.39, 0.29) is 17.4 Å². The lowest BCUT2D eigenvalue weighted by Gasteiger charge is -2.43. The van der Waals surface area contributed by atoms with Crippen LogP contribution in [0.25, 0.3) is 0 Å². The average Bonchev–Trinajstić information content (AvgIpc) is 2.52. The van der Waals surface area contributed by atoms with Gasteiger partial charge in [-0.1, -0.05) is 34.6 Å². The molecule has 0 aliphatic carbocycles. The van der Waals surface area contributed by atoms with Gasteiger partial charge in [-0.25, -0.2) is 0 Å². The molecule has 0 radical (unpaired) electrons. The van der Waals surface area contributed by atoms with Gasteiger partial charge < -0.3 is 30.8 Å². The molecule has 0 bridgehead atoms. The van der Waals surface area contributed by atoms with Gasteiger partial charge in [-0.15, -0.1) is 0 Å². The number of nitrogens with two attached hydrogens (primary N) is 2. The first-order valence-corrected chi connectivity index (χ1v) is 10.3. The van der Waals surface area contributed by atoms with Gasteiger partial charge in [0, 0.05) is 25.1 Å². The smallest absolute Gasteiger partial charge is 0.0683 e. The van der Waals surface area contributed by atoms with Gasteiger partial charge in [-0.2, -0.15) is 0 Å². The highest BCUT2D eigenvalue weighted by Gasteiger charge is 2.41. The topological polar surface area (TPSA) is 100.0 Å². The Bertz CT molecular complexity index is 362. The Morgan fingerprint density at radius 1 is 0.889 bits per heavy atom. The summed E-state index contributed by atoms with van der Waals surface area (Å²) in [5.74, 6) is 0.481. The summed E-state index contributed by atoms with van der Waals surface area (Å²) in [5.41, 5.74) is 10.6. The van der Waals surface area contributed by atoms with Crippen LogP contribution in [0.2, 0.25) is 0 Å². The molecule has 27 heavy (non-hydrogen) atoms. The molecular formula is C21H46N2O4. The first-order chi connectivity index (χ1) is 12.5.